The summed E-state index contributed by atoms with van der Waals surface area (Å²) in [5.74, 6) is -1.10. The van der Waals surface area contributed by atoms with Crippen molar-refractivity contribution in [1.82, 2.24) is 4.98 Å². The summed E-state index contributed by atoms with van der Waals surface area (Å²) in [6.07, 6.45) is 5.00. The Morgan fingerprint density at radius 2 is 2.06 bits per heavy atom. The average molecular weight is 221 g/mol. The number of esters is 2. The zero-order valence-corrected chi connectivity index (χ0v) is 8.75. The fourth-order valence-corrected chi connectivity index (χ4v) is 0.898. The van der Waals surface area contributed by atoms with Crippen LogP contribution in [-0.2, 0) is 14.3 Å². The molecule has 5 nitrogen and oxygen atoms in total. The van der Waals surface area contributed by atoms with Crippen LogP contribution in [0.5, 0.6) is 0 Å². The number of rotatable bonds is 4. The largest absolute Gasteiger partial charge is 0.463 e. The molecule has 1 aromatic heterocycles. The van der Waals surface area contributed by atoms with Gasteiger partial charge in [0.1, 0.15) is 6.26 Å². The van der Waals surface area contributed by atoms with Crippen LogP contribution in [-0.4, -0.2) is 23.5 Å². The summed E-state index contributed by atoms with van der Waals surface area (Å²) in [6.45, 7) is 1.97. The van der Waals surface area contributed by atoms with E-state index in [0.717, 1.165) is 12.3 Å². The summed E-state index contributed by atoms with van der Waals surface area (Å²) in [5.41, 5.74) is 0.364. The molecule has 0 saturated carbocycles. The molecule has 84 valence electrons. The molecule has 1 aromatic rings. The van der Waals surface area contributed by atoms with Crippen LogP contribution in [0.25, 0.3) is 0 Å². The molecule has 5 heteroatoms. The third-order valence-electron chi connectivity index (χ3n) is 1.58. The molecule has 0 aliphatic carbocycles. The number of pyridine rings is 1. The SMILES string of the molecule is CCOC(=O)C=COC(=O)c1ccncc1. The van der Waals surface area contributed by atoms with E-state index in [1.165, 1.54) is 24.5 Å². The summed E-state index contributed by atoms with van der Waals surface area (Å²) < 4.78 is 9.30. The summed E-state index contributed by atoms with van der Waals surface area (Å²) >= 11 is 0. The summed E-state index contributed by atoms with van der Waals surface area (Å²) in [4.78, 5) is 25.9. The normalized spacial score (nSPS) is 10.1. The Morgan fingerprint density at radius 3 is 2.69 bits per heavy atom. The fraction of sp³-hybridized carbons (Fsp3) is 0.182. The first kappa shape index (κ1) is 11.9. The van der Waals surface area contributed by atoms with E-state index in [1.54, 1.807) is 6.92 Å². The highest BCUT2D eigenvalue weighted by molar-refractivity contribution is 5.90. The van der Waals surface area contributed by atoms with Crippen LogP contribution in [0.3, 0.4) is 0 Å². The Hall–Kier alpha value is -2.17. The zero-order valence-electron chi connectivity index (χ0n) is 8.75. The molecule has 0 N–H and O–H groups in total. The Labute approximate surface area is 92.7 Å². The van der Waals surface area contributed by atoms with E-state index in [2.05, 4.69) is 9.72 Å². The van der Waals surface area contributed by atoms with Crippen LogP contribution >= 0.6 is 0 Å². The molecule has 0 radical (unpaired) electrons. The molecule has 0 aliphatic rings. The van der Waals surface area contributed by atoms with Crippen molar-refractivity contribution in [3.8, 4) is 0 Å². The monoisotopic (exact) mass is 221 g/mol. The van der Waals surface area contributed by atoms with Crippen molar-refractivity contribution in [2.45, 2.75) is 6.92 Å². The minimum absolute atomic E-state index is 0.279. The van der Waals surface area contributed by atoms with E-state index in [9.17, 15) is 9.59 Å². The van der Waals surface area contributed by atoms with Crippen LogP contribution in [0.15, 0.2) is 36.9 Å². The topological polar surface area (TPSA) is 65.5 Å². The summed E-state index contributed by atoms with van der Waals surface area (Å²) in [7, 11) is 0. The molecule has 0 bridgehead atoms. The van der Waals surface area contributed by atoms with Gasteiger partial charge in [-0.3, -0.25) is 4.98 Å². The third kappa shape index (κ3) is 3.91. The molecule has 1 rings (SSSR count). The van der Waals surface area contributed by atoms with Crippen molar-refractivity contribution in [3.05, 3.63) is 42.4 Å². The van der Waals surface area contributed by atoms with E-state index in [1.807, 2.05) is 0 Å². The number of hydrogen-bond acceptors (Lipinski definition) is 5. The van der Waals surface area contributed by atoms with Gasteiger partial charge in [0.05, 0.1) is 18.2 Å². The van der Waals surface area contributed by atoms with Crippen LogP contribution in [0.4, 0.5) is 0 Å². The molecule has 0 unspecified atom stereocenters. The second kappa shape index (κ2) is 6.34. The van der Waals surface area contributed by atoms with E-state index in [4.69, 9.17) is 4.74 Å². The Bertz CT molecular complexity index is 386. The van der Waals surface area contributed by atoms with Gasteiger partial charge in [-0.15, -0.1) is 0 Å². The lowest BCUT2D eigenvalue weighted by atomic mass is 10.3. The van der Waals surface area contributed by atoms with Crippen molar-refractivity contribution >= 4 is 11.9 Å². The van der Waals surface area contributed by atoms with Gasteiger partial charge >= 0.3 is 11.9 Å². The van der Waals surface area contributed by atoms with Gasteiger partial charge in [-0.2, -0.15) is 0 Å². The van der Waals surface area contributed by atoms with Gasteiger partial charge in [0.15, 0.2) is 0 Å². The van der Waals surface area contributed by atoms with E-state index in [0.29, 0.717) is 5.56 Å². The third-order valence-corrected chi connectivity index (χ3v) is 1.58. The lowest BCUT2D eigenvalue weighted by molar-refractivity contribution is -0.137. The maximum Gasteiger partial charge on any atom is 0.343 e. The van der Waals surface area contributed by atoms with Gasteiger partial charge < -0.3 is 9.47 Å². The lowest BCUT2D eigenvalue weighted by Crippen LogP contribution is -2.03. The summed E-state index contributed by atoms with van der Waals surface area (Å²) in [5, 5.41) is 0. The van der Waals surface area contributed by atoms with E-state index in [-0.39, 0.29) is 6.61 Å². The van der Waals surface area contributed by atoms with Gasteiger partial charge in [-0.25, -0.2) is 9.59 Å². The van der Waals surface area contributed by atoms with Crippen molar-refractivity contribution in [1.29, 1.82) is 0 Å². The highest BCUT2D eigenvalue weighted by Gasteiger charge is 2.04. The number of hydrogen-bond donors (Lipinski definition) is 0. The first-order valence-corrected chi connectivity index (χ1v) is 4.68. The predicted octanol–water partition coefficient (Wildman–Crippen LogP) is 1.32. The van der Waals surface area contributed by atoms with Crippen LogP contribution in [0, 0.1) is 0 Å². The molecule has 0 amide bonds. The maximum atomic E-state index is 11.3. The predicted molar refractivity (Wildman–Crippen MR) is 55.4 cm³/mol. The molecule has 0 atom stereocenters. The second-order valence-corrected chi connectivity index (χ2v) is 2.70. The first-order chi connectivity index (χ1) is 7.74. The number of ether oxygens (including phenoxy) is 2. The number of nitrogens with zero attached hydrogens (tertiary/aromatic N) is 1. The Kier molecular flexibility index (Phi) is 4.72. The van der Waals surface area contributed by atoms with Crippen LogP contribution < -0.4 is 0 Å². The molecular formula is C11H11NO4. The van der Waals surface area contributed by atoms with E-state index < -0.39 is 11.9 Å². The number of aromatic nitrogens is 1. The standard InChI is InChI=1S/C11H11NO4/c1-2-15-10(13)5-8-16-11(14)9-3-6-12-7-4-9/h3-8H,2H2,1H3. The van der Waals surface area contributed by atoms with Crippen molar-refractivity contribution in [2.24, 2.45) is 0 Å². The molecule has 0 fully saturated rings. The van der Waals surface area contributed by atoms with Gasteiger partial charge in [0, 0.05) is 12.4 Å². The van der Waals surface area contributed by atoms with Gasteiger partial charge in [-0.1, -0.05) is 0 Å². The van der Waals surface area contributed by atoms with Gasteiger partial charge in [0.25, 0.3) is 0 Å². The maximum absolute atomic E-state index is 11.3. The van der Waals surface area contributed by atoms with Crippen molar-refractivity contribution in [3.63, 3.8) is 0 Å². The minimum atomic E-state index is -0.553. The lowest BCUT2D eigenvalue weighted by Gasteiger charge is -1.98. The molecule has 0 saturated heterocycles. The fourth-order valence-electron chi connectivity index (χ4n) is 0.898. The average Bonchev–Trinajstić information content (AvgIpc) is 2.30. The van der Waals surface area contributed by atoms with Crippen molar-refractivity contribution < 1.29 is 19.1 Å². The molecule has 0 spiro atoms. The first-order valence-electron chi connectivity index (χ1n) is 4.68. The molecule has 1 heterocycles. The molecule has 16 heavy (non-hydrogen) atoms. The molecule has 0 aromatic carbocycles. The minimum Gasteiger partial charge on any atom is -0.463 e. The molecular weight excluding hydrogens is 210 g/mol. The highest BCUT2D eigenvalue weighted by Crippen LogP contribution is 1.99. The smallest absolute Gasteiger partial charge is 0.343 e. The van der Waals surface area contributed by atoms with Crippen LogP contribution in [0.1, 0.15) is 17.3 Å². The Balaban J connectivity index is 2.45. The Morgan fingerprint density at radius 1 is 1.38 bits per heavy atom. The number of carbonyl (C=O) groups excluding carboxylic acids is 2. The zero-order chi connectivity index (χ0) is 11.8. The highest BCUT2D eigenvalue weighted by atomic mass is 16.5. The summed E-state index contributed by atoms with van der Waals surface area (Å²) in [6, 6.07) is 3.03. The van der Waals surface area contributed by atoms with Gasteiger partial charge in [0.2, 0.25) is 0 Å². The van der Waals surface area contributed by atoms with E-state index >= 15 is 0 Å². The second-order valence-electron chi connectivity index (χ2n) is 2.70. The molecule has 0 aliphatic heterocycles. The quantitative estimate of drug-likeness (QED) is 0.435. The van der Waals surface area contributed by atoms with Gasteiger partial charge in [-0.05, 0) is 19.1 Å². The van der Waals surface area contributed by atoms with Crippen molar-refractivity contribution in [2.75, 3.05) is 6.61 Å². The van der Waals surface area contributed by atoms with Crippen LogP contribution in [0.2, 0.25) is 0 Å². The number of carbonyl (C=O) groups is 2.